The number of nitrogens with zero attached hydrogens (tertiary/aromatic N) is 4. The number of carbonyl (C=O) groups is 1. The van der Waals surface area contributed by atoms with E-state index in [1.165, 1.54) is 25.0 Å². The van der Waals surface area contributed by atoms with Gasteiger partial charge < -0.3 is 9.73 Å². The molecule has 7 heteroatoms. The number of hydrogen-bond donors (Lipinski definition) is 1. The van der Waals surface area contributed by atoms with Gasteiger partial charge in [-0.05, 0) is 18.2 Å². The summed E-state index contributed by atoms with van der Waals surface area (Å²) in [6.45, 7) is 0. The Kier molecular flexibility index (Phi) is 3.15. The molecule has 3 rings (SSSR count). The second-order valence-electron chi connectivity index (χ2n) is 3.87. The summed E-state index contributed by atoms with van der Waals surface area (Å²) in [5.74, 6) is 0.0568. The number of aromatic nitrogens is 4. The van der Waals surface area contributed by atoms with Crippen LogP contribution in [0.2, 0.25) is 0 Å². The maximum absolute atomic E-state index is 11.9. The lowest BCUT2D eigenvalue weighted by molar-refractivity contribution is 0.102. The summed E-state index contributed by atoms with van der Waals surface area (Å²) in [6, 6.07) is 7.09. The van der Waals surface area contributed by atoms with Crippen molar-refractivity contribution in [2.45, 2.75) is 0 Å². The third-order valence-electron chi connectivity index (χ3n) is 2.52. The van der Waals surface area contributed by atoms with E-state index in [9.17, 15) is 4.79 Å². The van der Waals surface area contributed by atoms with Crippen LogP contribution in [0, 0.1) is 0 Å². The molecule has 3 aromatic rings. The van der Waals surface area contributed by atoms with Crippen molar-refractivity contribution in [1.29, 1.82) is 0 Å². The Morgan fingerprint density at radius 3 is 2.95 bits per heavy atom. The van der Waals surface area contributed by atoms with Gasteiger partial charge in [0.15, 0.2) is 0 Å². The summed E-state index contributed by atoms with van der Waals surface area (Å²) in [7, 11) is 0. The number of carbonyl (C=O) groups excluding carboxylic acids is 1. The van der Waals surface area contributed by atoms with Crippen molar-refractivity contribution >= 4 is 11.6 Å². The second kappa shape index (κ2) is 5.27. The lowest BCUT2D eigenvalue weighted by atomic mass is 10.2. The van der Waals surface area contributed by atoms with Crippen molar-refractivity contribution < 1.29 is 9.21 Å². The van der Waals surface area contributed by atoms with E-state index < -0.39 is 0 Å². The molecule has 2 aromatic heterocycles. The first-order valence-electron chi connectivity index (χ1n) is 5.77. The largest absolute Gasteiger partial charge is 0.423 e. The highest BCUT2D eigenvalue weighted by Gasteiger charge is 2.09. The van der Waals surface area contributed by atoms with E-state index in [0.29, 0.717) is 11.6 Å². The van der Waals surface area contributed by atoms with Gasteiger partial charge in [0.1, 0.15) is 5.69 Å². The summed E-state index contributed by atoms with van der Waals surface area (Å²) in [6.07, 6.45) is 5.62. The van der Waals surface area contributed by atoms with Crippen molar-refractivity contribution in [1.82, 2.24) is 20.2 Å². The van der Waals surface area contributed by atoms with Gasteiger partial charge in [-0.1, -0.05) is 6.07 Å². The Morgan fingerprint density at radius 2 is 2.20 bits per heavy atom. The van der Waals surface area contributed by atoms with Gasteiger partial charge in [0.2, 0.25) is 12.3 Å². The average Bonchev–Trinajstić information content (AvgIpc) is 3.03. The van der Waals surface area contributed by atoms with Crippen LogP contribution in [0.4, 0.5) is 5.69 Å². The monoisotopic (exact) mass is 267 g/mol. The molecule has 0 aliphatic carbocycles. The molecule has 7 nitrogen and oxygen atoms in total. The topological polar surface area (TPSA) is 93.8 Å². The van der Waals surface area contributed by atoms with Gasteiger partial charge in [0.25, 0.3) is 5.91 Å². The molecule has 1 aromatic carbocycles. The Bertz CT molecular complexity index is 713. The molecule has 2 heterocycles. The standard InChI is InChI=1S/C13H9N5O2/c19-12(11-7-14-4-5-15-11)17-10-3-1-2-9(6-10)13-18-16-8-20-13/h1-8H,(H,17,19). The molecule has 1 amide bonds. The lowest BCUT2D eigenvalue weighted by Crippen LogP contribution is -2.13. The Hall–Kier alpha value is -3.09. The quantitative estimate of drug-likeness (QED) is 0.777. The van der Waals surface area contributed by atoms with Gasteiger partial charge in [-0.25, -0.2) is 4.98 Å². The first kappa shape index (κ1) is 12.0. The van der Waals surface area contributed by atoms with Crippen LogP contribution in [0.15, 0.2) is 53.7 Å². The number of amides is 1. The highest BCUT2D eigenvalue weighted by Crippen LogP contribution is 2.20. The SMILES string of the molecule is O=C(Nc1cccc(-c2nnco2)c1)c1cnccn1. The van der Waals surface area contributed by atoms with Crippen LogP contribution in [-0.2, 0) is 0 Å². The molecule has 0 unspecified atom stereocenters. The van der Waals surface area contributed by atoms with Crippen LogP contribution in [0.1, 0.15) is 10.5 Å². The molecule has 20 heavy (non-hydrogen) atoms. The van der Waals surface area contributed by atoms with E-state index in [1.54, 1.807) is 18.2 Å². The highest BCUT2D eigenvalue weighted by atomic mass is 16.4. The maximum atomic E-state index is 11.9. The summed E-state index contributed by atoms with van der Waals surface area (Å²) >= 11 is 0. The van der Waals surface area contributed by atoms with E-state index in [1.807, 2.05) is 6.07 Å². The molecule has 0 aliphatic heterocycles. The van der Waals surface area contributed by atoms with Crippen LogP contribution in [-0.4, -0.2) is 26.1 Å². The third kappa shape index (κ3) is 2.51. The highest BCUT2D eigenvalue weighted by molar-refractivity contribution is 6.02. The number of benzene rings is 1. The zero-order chi connectivity index (χ0) is 13.8. The summed E-state index contributed by atoms with van der Waals surface area (Å²) < 4.78 is 5.11. The molecular formula is C13H9N5O2. The van der Waals surface area contributed by atoms with Gasteiger partial charge in [-0.2, -0.15) is 0 Å². The lowest BCUT2D eigenvalue weighted by Gasteiger charge is -2.05. The van der Waals surface area contributed by atoms with E-state index in [4.69, 9.17) is 4.42 Å². The molecule has 0 saturated carbocycles. The second-order valence-corrected chi connectivity index (χ2v) is 3.87. The van der Waals surface area contributed by atoms with E-state index in [0.717, 1.165) is 5.56 Å². The minimum Gasteiger partial charge on any atom is -0.423 e. The minimum absolute atomic E-state index is 0.246. The van der Waals surface area contributed by atoms with E-state index >= 15 is 0 Å². The van der Waals surface area contributed by atoms with Crippen molar-refractivity contribution in [2.24, 2.45) is 0 Å². The van der Waals surface area contributed by atoms with Gasteiger partial charge in [0.05, 0.1) is 6.20 Å². The molecule has 98 valence electrons. The van der Waals surface area contributed by atoms with Crippen LogP contribution in [0.25, 0.3) is 11.5 Å². The Balaban J connectivity index is 1.82. The van der Waals surface area contributed by atoms with Crippen molar-refractivity contribution in [3.8, 4) is 11.5 Å². The smallest absolute Gasteiger partial charge is 0.275 e. The van der Waals surface area contributed by atoms with Gasteiger partial charge >= 0.3 is 0 Å². The molecule has 0 spiro atoms. The van der Waals surface area contributed by atoms with Crippen molar-refractivity contribution in [3.63, 3.8) is 0 Å². The van der Waals surface area contributed by atoms with Crippen LogP contribution in [0.5, 0.6) is 0 Å². The third-order valence-corrected chi connectivity index (χ3v) is 2.52. The average molecular weight is 267 g/mol. The summed E-state index contributed by atoms with van der Waals surface area (Å²) in [4.78, 5) is 19.7. The molecule has 0 aliphatic rings. The number of rotatable bonds is 3. The van der Waals surface area contributed by atoms with Crippen LogP contribution < -0.4 is 5.32 Å². The van der Waals surface area contributed by atoms with Crippen molar-refractivity contribution in [3.05, 3.63) is 54.9 Å². The Morgan fingerprint density at radius 1 is 1.25 bits per heavy atom. The number of anilines is 1. The molecular weight excluding hydrogens is 258 g/mol. The fourth-order valence-electron chi connectivity index (χ4n) is 1.64. The molecule has 0 atom stereocenters. The summed E-state index contributed by atoms with van der Waals surface area (Å²) in [5.41, 5.74) is 1.58. The molecule has 0 fully saturated rings. The maximum Gasteiger partial charge on any atom is 0.275 e. The molecule has 0 bridgehead atoms. The fraction of sp³-hybridized carbons (Fsp3) is 0. The predicted molar refractivity (Wildman–Crippen MR) is 69.7 cm³/mol. The fourth-order valence-corrected chi connectivity index (χ4v) is 1.64. The molecule has 1 N–H and O–H groups in total. The van der Waals surface area contributed by atoms with E-state index in [-0.39, 0.29) is 11.6 Å². The van der Waals surface area contributed by atoms with Crippen LogP contribution in [0.3, 0.4) is 0 Å². The van der Waals surface area contributed by atoms with Crippen LogP contribution >= 0.6 is 0 Å². The zero-order valence-corrected chi connectivity index (χ0v) is 10.2. The first-order chi connectivity index (χ1) is 9.83. The van der Waals surface area contributed by atoms with Gasteiger partial charge in [-0.15, -0.1) is 10.2 Å². The molecule has 0 saturated heterocycles. The minimum atomic E-state index is -0.333. The zero-order valence-electron chi connectivity index (χ0n) is 10.2. The molecule has 0 radical (unpaired) electrons. The van der Waals surface area contributed by atoms with E-state index in [2.05, 4.69) is 25.5 Å². The number of hydrogen-bond acceptors (Lipinski definition) is 6. The van der Waals surface area contributed by atoms with Gasteiger partial charge in [-0.3, -0.25) is 9.78 Å². The first-order valence-corrected chi connectivity index (χ1v) is 5.77. The predicted octanol–water partition coefficient (Wildman–Crippen LogP) is 1.78. The normalized spacial score (nSPS) is 10.2. The van der Waals surface area contributed by atoms with Crippen molar-refractivity contribution in [2.75, 3.05) is 5.32 Å². The number of nitrogens with one attached hydrogen (secondary N) is 1. The van der Waals surface area contributed by atoms with Gasteiger partial charge in [0, 0.05) is 23.6 Å². The summed E-state index contributed by atoms with van der Waals surface area (Å²) in [5, 5.41) is 10.2. The Labute approximate surface area is 113 Å².